The third-order valence-electron chi connectivity index (χ3n) is 14.7. The average Bonchev–Trinajstić information content (AvgIpc) is 3.35. The Morgan fingerprint density at radius 1 is 0.466 bits per heavy atom. The highest BCUT2D eigenvalue weighted by Gasteiger charge is 2.30. The Hall–Kier alpha value is -1.25. The molecule has 1 amide bonds. The van der Waals surface area contributed by atoms with E-state index in [2.05, 4.69) is 26.1 Å². The van der Waals surface area contributed by atoms with Crippen molar-refractivity contribution in [1.29, 1.82) is 0 Å². The summed E-state index contributed by atoms with van der Waals surface area (Å²) >= 11 is 0. The molecule has 2 N–H and O–H groups in total. The van der Waals surface area contributed by atoms with Crippen molar-refractivity contribution in [2.45, 2.75) is 341 Å². The summed E-state index contributed by atoms with van der Waals surface area (Å²) in [7, 11) is 1.52. The second-order valence-corrected chi connectivity index (χ2v) is 24.8. The number of unbranched alkanes of at least 4 members (excludes halogenated alkanes) is 43. The number of likely N-dealkylation sites (N-methyl/N-ethyl adjacent to an activating group) is 1. The van der Waals surface area contributed by atoms with E-state index in [1.165, 1.54) is 238 Å². The molecular formula is C63H126N2O7P+. The lowest BCUT2D eigenvalue weighted by atomic mass is 10.0. The van der Waals surface area contributed by atoms with Crippen LogP contribution in [-0.4, -0.2) is 74.3 Å². The fourth-order valence-corrected chi connectivity index (χ4v) is 10.5. The van der Waals surface area contributed by atoms with Gasteiger partial charge in [-0.2, -0.15) is 0 Å². The van der Waals surface area contributed by atoms with Crippen LogP contribution in [0.1, 0.15) is 329 Å². The van der Waals surface area contributed by atoms with Gasteiger partial charge in [-0.05, 0) is 31.8 Å². The topological polar surface area (TPSA) is 111 Å². The standard InChI is InChI=1S/C63H125N2O7P/c1-7-10-13-16-19-22-25-27-28-29-30-31-32-33-34-35-36-38-41-43-46-49-52-55-62(66)64-60(59-71-73(68,69)70-58-57-65(4,5)6)61(54-51-48-45-42-40-37-26-23-20-17-14-11-8-2)72-63(67)56-53-50-47-44-39-24-21-18-15-12-9-3/h51,54,60-61H,7-50,52-53,55-59H2,1-6H3,(H-,64,66,68,69)/p+1/b54-51+. The first kappa shape index (κ1) is 71.8. The summed E-state index contributed by atoms with van der Waals surface area (Å²) in [6, 6.07) is -0.839. The van der Waals surface area contributed by atoms with Gasteiger partial charge in [0.1, 0.15) is 19.3 Å². The van der Waals surface area contributed by atoms with E-state index < -0.39 is 20.0 Å². The van der Waals surface area contributed by atoms with Gasteiger partial charge in [-0.3, -0.25) is 18.6 Å². The van der Waals surface area contributed by atoms with Crippen LogP contribution in [0, 0.1) is 0 Å². The number of ether oxygens (including phenoxy) is 1. The van der Waals surface area contributed by atoms with Gasteiger partial charge in [0.25, 0.3) is 0 Å². The Kier molecular flexibility index (Phi) is 53.2. The van der Waals surface area contributed by atoms with E-state index in [-0.39, 0.29) is 25.1 Å². The van der Waals surface area contributed by atoms with E-state index in [1.54, 1.807) is 0 Å². The van der Waals surface area contributed by atoms with Gasteiger partial charge in [0, 0.05) is 12.8 Å². The number of phosphoric ester groups is 1. The molecule has 434 valence electrons. The highest BCUT2D eigenvalue weighted by atomic mass is 31.2. The Bertz CT molecular complexity index is 1260. The second kappa shape index (κ2) is 54.1. The molecule has 0 rings (SSSR count). The van der Waals surface area contributed by atoms with Crippen LogP contribution in [0.15, 0.2) is 12.2 Å². The summed E-state index contributed by atoms with van der Waals surface area (Å²) in [6.07, 6.45) is 62.1. The van der Waals surface area contributed by atoms with Crippen molar-refractivity contribution < 1.29 is 37.3 Å². The zero-order chi connectivity index (χ0) is 53.6. The van der Waals surface area contributed by atoms with E-state index >= 15 is 0 Å². The number of carbonyl (C=O) groups is 2. The monoisotopic (exact) mass is 1050 g/mol. The highest BCUT2D eigenvalue weighted by Crippen LogP contribution is 2.43. The normalized spacial score (nSPS) is 13.7. The summed E-state index contributed by atoms with van der Waals surface area (Å²) in [4.78, 5) is 37.7. The third-order valence-corrected chi connectivity index (χ3v) is 15.7. The van der Waals surface area contributed by atoms with E-state index in [0.717, 1.165) is 57.8 Å². The lowest BCUT2D eigenvalue weighted by molar-refractivity contribution is -0.870. The van der Waals surface area contributed by atoms with Crippen LogP contribution in [0.25, 0.3) is 0 Å². The van der Waals surface area contributed by atoms with Crippen LogP contribution < -0.4 is 5.32 Å². The van der Waals surface area contributed by atoms with Crippen molar-refractivity contribution in [3.63, 3.8) is 0 Å². The largest absolute Gasteiger partial charge is 0.472 e. The number of hydrogen-bond donors (Lipinski definition) is 2. The molecule has 3 unspecified atom stereocenters. The molecule has 9 nitrogen and oxygen atoms in total. The molecule has 73 heavy (non-hydrogen) atoms. The summed E-state index contributed by atoms with van der Waals surface area (Å²) in [5.74, 6) is -0.485. The molecule has 0 heterocycles. The lowest BCUT2D eigenvalue weighted by Gasteiger charge is -2.27. The Balaban J connectivity index is 5.07. The van der Waals surface area contributed by atoms with Crippen molar-refractivity contribution in [3.05, 3.63) is 12.2 Å². The Morgan fingerprint density at radius 3 is 1.12 bits per heavy atom. The van der Waals surface area contributed by atoms with Crippen molar-refractivity contribution >= 4 is 19.7 Å². The fourth-order valence-electron chi connectivity index (χ4n) is 9.77. The highest BCUT2D eigenvalue weighted by molar-refractivity contribution is 7.47. The van der Waals surface area contributed by atoms with Crippen LogP contribution in [0.2, 0.25) is 0 Å². The SMILES string of the molecule is CCCCCCCCCCCCC/C=C/C(OC(=O)CCCCCCCCCCCCC)C(COP(=O)(O)OCC[N+](C)(C)C)NC(=O)CCCCCCCCCCCCCCCCCCCCCCCCC. The molecule has 0 spiro atoms. The first-order valence-electron chi connectivity index (χ1n) is 32.0. The van der Waals surface area contributed by atoms with E-state index in [0.29, 0.717) is 23.9 Å². The zero-order valence-corrected chi connectivity index (χ0v) is 50.6. The third kappa shape index (κ3) is 55.3. The summed E-state index contributed by atoms with van der Waals surface area (Å²) in [5, 5.41) is 3.07. The van der Waals surface area contributed by atoms with Gasteiger partial charge < -0.3 is 19.4 Å². The lowest BCUT2D eigenvalue weighted by Crippen LogP contribution is -2.47. The summed E-state index contributed by atoms with van der Waals surface area (Å²) in [6.45, 7) is 7.06. The molecule has 3 atom stereocenters. The van der Waals surface area contributed by atoms with Crippen LogP contribution >= 0.6 is 7.82 Å². The van der Waals surface area contributed by atoms with Crippen LogP contribution in [0.3, 0.4) is 0 Å². The zero-order valence-electron chi connectivity index (χ0n) is 49.7. The molecule has 10 heteroatoms. The maximum Gasteiger partial charge on any atom is 0.472 e. The maximum atomic E-state index is 13.5. The second-order valence-electron chi connectivity index (χ2n) is 23.3. The summed E-state index contributed by atoms with van der Waals surface area (Å²) in [5.41, 5.74) is 0. The maximum absolute atomic E-state index is 13.5. The number of amides is 1. The number of nitrogens with zero attached hydrogens (tertiary/aromatic N) is 1. The van der Waals surface area contributed by atoms with Gasteiger partial charge in [0.05, 0.1) is 33.8 Å². The molecule has 0 saturated heterocycles. The van der Waals surface area contributed by atoms with E-state index in [4.69, 9.17) is 13.8 Å². The first-order chi connectivity index (χ1) is 35.4. The number of rotatable bonds is 59. The predicted molar refractivity (Wildman–Crippen MR) is 314 cm³/mol. The average molecular weight is 1050 g/mol. The van der Waals surface area contributed by atoms with Gasteiger partial charge in [-0.25, -0.2) is 4.57 Å². The van der Waals surface area contributed by atoms with Crippen LogP contribution in [0.4, 0.5) is 0 Å². The van der Waals surface area contributed by atoms with Gasteiger partial charge in [-0.1, -0.05) is 297 Å². The van der Waals surface area contributed by atoms with Gasteiger partial charge in [0.2, 0.25) is 5.91 Å². The van der Waals surface area contributed by atoms with Crippen molar-refractivity contribution in [2.75, 3.05) is 40.9 Å². The molecule has 0 aromatic carbocycles. The van der Waals surface area contributed by atoms with E-state index in [9.17, 15) is 19.0 Å². The minimum Gasteiger partial charge on any atom is -0.456 e. The molecule has 0 aliphatic carbocycles. The minimum absolute atomic E-state index is 0.0457. The molecule has 0 aliphatic rings. The Morgan fingerprint density at radius 2 is 0.781 bits per heavy atom. The van der Waals surface area contributed by atoms with Gasteiger partial charge >= 0.3 is 13.8 Å². The minimum atomic E-state index is -4.44. The Labute approximate surface area is 454 Å². The number of phosphoric acid groups is 1. The molecule has 0 radical (unpaired) electrons. The number of esters is 1. The van der Waals surface area contributed by atoms with Crippen LogP contribution in [0.5, 0.6) is 0 Å². The molecular weight excluding hydrogens is 928 g/mol. The van der Waals surface area contributed by atoms with Crippen LogP contribution in [-0.2, 0) is 27.9 Å². The molecule has 0 bridgehead atoms. The number of hydrogen-bond acceptors (Lipinski definition) is 6. The number of carbonyl (C=O) groups excluding carboxylic acids is 2. The number of nitrogens with one attached hydrogen (secondary N) is 1. The molecule has 0 aliphatic heterocycles. The van der Waals surface area contributed by atoms with Gasteiger partial charge in [-0.15, -0.1) is 0 Å². The van der Waals surface area contributed by atoms with Crippen molar-refractivity contribution in [3.8, 4) is 0 Å². The molecule has 0 aromatic heterocycles. The smallest absolute Gasteiger partial charge is 0.456 e. The summed E-state index contributed by atoms with van der Waals surface area (Å²) < 4.78 is 30.7. The predicted octanol–water partition coefficient (Wildman–Crippen LogP) is 19.6. The van der Waals surface area contributed by atoms with Crippen molar-refractivity contribution in [1.82, 2.24) is 5.32 Å². The fraction of sp³-hybridized carbons (Fsp3) is 0.937. The molecule has 0 saturated carbocycles. The first-order valence-corrected chi connectivity index (χ1v) is 33.5. The number of quaternary nitrogens is 1. The number of allylic oxidation sites excluding steroid dienone is 1. The van der Waals surface area contributed by atoms with E-state index in [1.807, 2.05) is 33.3 Å². The molecule has 0 aromatic rings. The van der Waals surface area contributed by atoms with Crippen molar-refractivity contribution in [2.24, 2.45) is 0 Å². The van der Waals surface area contributed by atoms with Gasteiger partial charge in [0.15, 0.2) is 0 Å². The molecule has 0 fully saturated rings. The quantitative estimate of drug-likeness (QED) is 0.0205.